The van der Waals surface area contributed by atoms with Crippen LogP contribution in [0.15, 0.2) is 30.3 Å². The van der Waals surface area contributed by atoms with E-state index in [0.29, 0.717) is 5.75 Å². The first kappa shape index (κ1) is 13.6. The maximum absolute atomic E-state index is 11.0. The van der Waals surface area contributed by atoms with Crippen molar-refractivity contribution in [1.82, 2.24) is 0 Å². The fraction of sp³-hybridized carbons (Fsp3) is 0.333. The van der Waals surface area contributed by atoms with E-state index in [1.165, 1.54) is 18.9 Å². The number of thioether (sulfide) groups is 1. The lowest BCUT2D eigenvalue weighted by molar-refractivity contribution is -0.145. The number of ether oxygens (including phenoxy) is 1. The van der Waals surface area contributed by atoms with Gasteiger partial charge in [-0.05, 0) is 5.56 Å². The maximum Gasteiger partial charge on any atom is 0.317 e. The van der Waals surface area contributed by atoms with Crippen LogP contribution in [-0.4, -0.2) is 29.4 Å². The van der Waals surface area contributed by atoms with Gasteiger partial charge >= 0.3 is 11.9 Å². The predicted octanol–water partition coefficient (Wildman–Crippen LogP) is 1.94. The first-order valence-corrected chi connectivity index (χ1v) is 6.13. The third-order valence-electron chi connectivity index (χ3n) is 2.15. The highest BCUT2D eigenvalue weighted by Crippen LogP contribution is 2.20. The summed E-state index contributed by atoms with van der Waals surface area (Å²) in [6, 6.07) is 9.53. The number of aliphatic carboxylic acids is 1. The third-order valence-corrected chi connectivity index (χ3v) is 3.42. The molecule has 1 N–H and O–H groups in total. The lowest BCUT2D eigenvalue weighted by Gasteiger charge is -2.10. The molecule has 1 atom stereocenters. The number of carboxylic acids is 1. The van der Waals surface area contributed by atoms with E-state index < -0.39 is 17.2 Å². The van der Waals surface area contributed by atoms with Crippen molar-refractivity contribution in [1.29, 1.82) is 0 Å². The Morgan fingerprint density at radius 2 is 2.00 bits per heavy atom. The van der Waals surface area contributed by atoms with Crippen molar-refractivity contribution in [3.63, 3.8) is 0 Å². The second-order valence-electron chi connectivity index (χ2n) is 3.40. The molecule has 0 saturated carbocycles. The molecule has 1 rings (SSSR count). The first-order chi connectivity index (χ1) is 8.13. The molecule has 0 fully saturated rings. The van der Waals surface area contributed by atoms with Crippen molar-refractivity contribution in [2.45, 2.75) is 17.4 Å². The van der Waals surface area contributed by atoms with E-state index in [1.54, 1.807) is 0 Å². The zero-order chi connectivity index (χ0) is 12.7. The van der Waals surface area contributed by atoms with Gasteiger partial charge < -0.3 is 9.84 Å². The van der Waals surface area contributed by atoms with Crippen LogP contribution in [0.5, 0.6) is 0 Å². The van der Waals surface area contributed by atoms with Crippen molar-refractivity contribution in [2.24, 2.45) is 0 Å². The van der Waals surface area contributed by atoms with Gasteiger partial charge in [0, 0.05) is 5.75 Å². The van der Waals surface area contributed by atoms with Crippen LogP contribution in [0.3, 0.4) is 0 Å². The van der Waals surface area contributed by atoms with Crippen LogP contribution in [0.1, 0.15) is 12.0 Å². The van der Waals surface area contributed by atoms with Crippen LogP contribution in [0.2, 0.25) is 0 Å². The Kier molecular flexibility index (Phi) is 5.56. The summed E-state index contributed by atoms with van der Waals surface area (Å²) in [6.07, 6.45) is -0.108. The van der Waals surface area contributed by atoms with E-state index >= 15 is 0 Å². The predicted molar refractivity (Wildman–Crippen MR) is 65.8 cm³/mol. The van der Waals surface area contributed by atoms with Crippen LogP contribution >= 0.6 is 11.8 Å². The molecule has 4 nitrogen and oxygen atoms in total. The Hall–Kier alpha value is -1.49. The van der Waals surface area contributed by atoms with Gasteiger partial charge in [0.25, 0.3) is 0 Å². The number of hydrogen-bond acceptors (Lipinski definition) is 4. The van der Waals surface area contributed by atoms with E-state index in [4.69, 9.17) is 5.11 Å². The lowest BCUT2D eigenvalue weighted by atomic mass is 10.2. The Balaban J connectivity index is 2.50. The highest BCUT2D eigenvalue weighted by atomic mass is 32.2. The molecule has 0 aromatic heterocycles. The Bertz CT molecular complexity index is 377. The van der Waals surface area contributed by atoms with Gasteiger partial charge in [-0.2, -0.15) is 0 Å². The average Bonchev–Trinajstić information content (AvgIpc) is 2.35. The van der Waals surface area contributed by atoms with E-state index in [9.17, 15) is 9.59 Å². The molecule has 0 bridgehead atoms. The van der Waals surface area contributed by atoms with Crippen molar-refractivity contribution in [2.75, 3.05) is 7.11 Å². The van der Waals surface area contributed by atoms with E-state index in [-0.39, 0.29) is 6.42 Å². The molecule has 0 aliphatic carbocycles. The molecule has 0 aliphatic heterocycles. The molecular weight excluding hydrogens is 240 g/mol. The molecule has 17 heavy (non-hydrogen) atoms. The summed E-state index contributed by atoms with van der Waals surface area (Å²) >= 11 is 1.23. The second-order valence-corrected chi connectivity index (χ2v) is 4.59. The summed E-state index contributed by atoms with van der Waals surface area (Å²) < 4.78 is 4.47. The zero-order valence-electron chi connectivity index (χ0n) is 9.46. The molecule has 1 unspecified atom stereocenters. The monoisotopic (exact) mass is 254 g/mol. The highest BCUT2D eigenvalue weighted by Gasteiger charge is 2.22. The summed E-state index contributed by atoms with van der Waals surface area (Å²) in [5, 5.41) is 8.21. The fourth-order valence-electron chi connectivity index (χ4n) is 1.22. The number of rotatable bonds is 6. The van der Waals surface area contributed by atoms with Crippen LogP contribution in [0, 0.1) is 0 Å². The van der Waals surface area contributed by atoms with Crippen LogP contribution < -0.4 is 0 Å². The highest BCUT2D eigenvalue weighted by molar-refractivity contribution is 7.99. The lowest BCUT2D eigenvalue weighted by Crippen LogP contribution is -2.21. The molecule has 0 aliphatic rings. The quantitative estimate of drug-likeness (QED) is 0.786. The van der Waals surface area contributed by atoms with Gasteiger partial charge in [-0.3, -0.25) is 9.59 Å². The third kappa shape index (κ3) is 4.91. The standard InChI is InChI=1S/C12H14O4S/c1-16-11(13)7-10(12(14)15)17-8-9-5-3-2-4-6-9/h2-6,10H,7-8H2,1H3,(H,14,15). The molecule has 0 heterocycles. The van der Waals surface area contributed by atoms with Gasteiger partial charge in [0.15, 0.2) is 0 Å². The fourth-order valence-corrected chi connectivity index (χ4v) is 2.21. The minimum absolute atomic E-state index is 0.108. The van der Waals surface area contributed by atoms with Crippen molar-refractivity contribution < 1.29 is 19.4 Å². The smallest absolute Gasteiger partial charge is 0.317 e. The molecule has 1 aromatic carbocycles. The number of hydrogen-bond donors (Lipinski definition) is 1. The van der Waals surface area contributed by atoms with Gasteiger partial charge in [0.1, 0.15) is 5.25 Å². The average molecular weight is 254 g/mol. The molecule has 0 spiro atoms. The molecule has 0 saturated heterocycles. The number of carbonyl (C=O) groups excluding carboxylic acids is 1. The van der Waals surface area contributed by atoms with Crippen molar-refractivity contribution in [3.8, 4) is 0 Å². The zero-order valence-corrected chi connectivity index (χ0v) is 10.3. The topological polar surface area (TPSA) is 63.6 Å². The molecule has 0 radical (unpaired) electrons. The van der Waals surface area contributed by atoms with Crippen LogP contribution in [0.25, 0.3) is 0 Å². The number of methoxy groups -OCH3 is 1. The Morgan fingerprint density at radius 1 is 1.35 bits per heavy atom. The molecule has 92 valence electrons. The van der Waals surface area contributed by atoms with Crippen LogP contribution in [0.4, 0.5) is 0 Å². The summed E-state index contributed by atoms with van der Waals surface area (Å²) in [4.78, 5) is 22.0. The summed E-state index contributed by atoms with van der Waals surface area (Å²) in [5.41, 5.74) is 1.04. The second kappa shape index (κ2) is 6.96. The van der Waals surface area contributed by atoms with Gasteiger partial charge in [0.2, 0.25) is 0 Å². The van der Waals surface area contributed by atoms with E-state index in [1.807, 2.05) is 30.3 Å². The number of carboxylic acid groups (broad SMARTS) is 1. The van der Waals surface area contributed by atoms with Crippen molar-refractivity contribution >= 4 is 23.7 Å². The van der Waals surface area contributed by atoms with Gasteiger partial charge in [-0.15, -0.1) is 11.8 Å². The molecule has 0 amide bonds. The summed E-state index contributed by atoms with van der Waals surface area (Å²) in [7, 11) is 1.25. The minimum Gasteiger partial charge on any atom is -0.480 e. The van der Waals surface area contributed by atoms with Crippen LogP contribution in [-0.2, 0) is 20.1 Å². The molecule has 1 aromatic rings. The van der Waals surface area contributed by atoms with Gasteiger partial charge in [0.05, 0.1) is 13.5 Å². The summed E-state index contributed by atoms with van der Waals surface area (Å²) in [5.74, 6) is -0.927. The number of benzene rings is 1. The maximum atomic E-state index is 11.0. The van der Waals surface area contributed by atoms with Gasteiger partial charge in [-0.25, -0.2) is 0 Å². The molecule has 5 heteroatoms. The van der Waals surface area contributed by atoms with Crippen molar-refractivity contribution in [3.05, 3.63) is 35.9 Å². The molecular formula is C12H14O4S. The number of carbonyl (C=O) groups is 2. The largest absolute Gasteiger partial charge is 0.480 e. The summed E-state index contributed by atoms with van der Waals surface area (Å²) in [6.45, 7) is 0. The SMILES string of the molecule is COC(=O)CC(SCc1ccccc1)C(=O)O. The van der Waals surface area contributed by atoms with Gasteiger partial charge in [-0.1, -0.05) is 30.3 Å². The van der Waals surface area contributed by atoms with E-state index in [0.717, 1.165) is 5.56 Å². The first-order valence-electron chi connectivity index (χ1n) is 5.08. The minimum atomic E-state index is -0.990. The number of esters is 1. The normalized spacial score (nSPS) is 11.8. The Morgan fingerprint density at radius 3 is 2.53 bits per heavy atom. The van der Waals surface area contributed by atoms with E-state index in [2.05, 4.69) is 4.74 Å². The Labute approximate surface area is 104 Å².